The van der Waals surface area contributed by atoms with Crippen molar-refractivity contribution in [3.63, 3.8) is 0 Å². The fourth-order valence-electron chi connectivity index (χ4n) is 3.24. The van der Waals surface area contributed by atoms with Gasteiger partial charge in [-0.3, -0.25) is 0 Å². The number of rotatable bonds is 12. The van der Waals surface area contributed by atoms with Crippen molar-refractivity contribution in [2.45, 2.75) is 0 Å². The van der Waals surface area contributed by atoms with Crippen LogP contribution in [-0.4, -0.2) is 50.6 Å². The van der Waals surface area contributed by atoms with E-state index in [1.807, 2.05) is 48.5 Å². The number of aromatic nitrogens is 2. The van der Waals surface area contributed by atoms with E-state index in [0.29, 0.717) is 60.3 Å². The van der Waals surface area contributed by atoms with Crippen molar-refractivity contribution in [2.24, 2.45) is 0 Å². The maximum absolute atomic E-state index is 5.93. The van der Waals surface area contributed by atoms with Crippen LogP contribution in [0.5, 0.6) is 23.0 Å². The number of ether oxygens (including phenoxy) is 5. The second kappa shape index (κ2) is 12.2. The normalized spacial score (nSPS) is 10.8. The Kier molecular flexibility index (Phi) is 8.56. The van der Waals surface area contributed by atoms with E-state index >= 15 is 0 Å². The molecular weight excluding hydrogens is 470 g/mol. The molecule has 35 heavy (non-hydrogen) atoms. The summed E-state index contributed by atoms with van der Waals surface area (Å²) in [6.07, 6.45) is 1.51. The van der Waals surface area contributed by atoms with E-state index in [2.05, 4.69) is 15.3 Å². The highest BCUT2D eigenvalue weighted by Crippen LogP contribution is 2.35. The summed E-state index contributed by atoms with van der Waals surface area (Å²) in [5, 5.41) is 4.80. The van der Waals surface area contributed by atoms with Crippen molar-refractivity contribution in [2.75, 3.05) is 46.0 Å². The second-order valence-electron chi connectivity index (χ2n) is 7.43. The van der Waals surface area contributed by atoms with Crippen molar-refractivity contribution in [1.82, 2.24) is 9.97 Å². The highest BCUT2D eigenvalue weighted by Gasteiger charge is 2.13. The smallest absolute Gasteiger partial charge is 0.163 e. The van der Waals surface area contributed by atoms with Crippen molar-refractivity contribution in [3.8, 4) is 23.0 Å². The molecule has 4 aromatic rings. The van der Waals surface area contributed by atoms with Crippen molar-refractivity contribution in [1.29, 1.82) is 0 Å². The molecule has 1 heterocycles. The summed E-state index contributed by atoms with van der Waals surface area (Å²) in [6, 6.07) is 18.5. The van der Waals surface area contributed by atoms with Crippen LogP contribution in [0.15, 0.2) is 67.0 Å². The molecule has 0 atom stereocenters. The minimum Gasteiger partial charge on any atom is -0.487 e. The Morgan fingerprint density at radius 1 is 0.743 bits per heavy atom. The molecule has 0 bridgehead atoms. The van der Waals surface area contributed by atoms with E-state index in [1.54, 1.807) is 26.4 Å². The Morgan fingerprint density at radius 3 is 1.97 bits per heavy atom. The molecule has 1 N–H and O–H groups in total. The fourth-order valence-corrected chi connectivity index (χ4v) is 3.37. The average Bonchev–Trinajstić information content (AvgIpc) is 2.87. The summed E-state index contributed by atoms with van der Waals surface area (Å²) in [7, 11) is 3.25. The molecule has 0 aliphatic carbocycles. The summed E-state index contributed by atoms with van der Waals surface area (Å²) in [5.41, 5.74) is 1.56. The van der Waals surface area contributed by atoms with Crippen LogP contribution in [0.3, 0.4) is 0 Å². The molecule has 0 amide bonds. The molecule has 8 nitrogen and oxygen atoms in total. The Bertz CT molecular complexity index is 1240. The first-order valence-corrected chi connectivity index (χ1v) is 11.4. The molecule has 3 aromatic carbocycles. The van der Waals surface area contributed by atoms with Gasteiger partial charge in [-0.1, -0.05) is 11.6 Å². The van der Waals surface area contributed by atoms with Gasteiger partial charge in [0, 0.05) is 36.4 Å². The number of benzene rings is 3. The zero-order valence-corrected chi connectivity index (χ0v) is 20.2. The standard InChI is InChI=1S/C26H26ClN3O5/c1-31-11-13-33-24-15-22-23(16-25(24)34-14-12-32-2)28-17-29-26(22)30-19-5-9-21(10-6-19)35-20-7-3-18(27)4-8-20/h3-10,15-17H,11-14H2,1-2H3,(H,28,29,30). The van der Waals surface area contributed by atoms with Gasteiger partial charge in [-0.2, -0.15) is 0 Å². The Balaban J connectivity index is 1.54. The molecule has 0 saturated carbocycles. The number of fused-ring (bicyclic) bond motifs is 1. The molecule has 182 valence electrons. The molecule has 0 radical (unpaired) electrons. The van der Waals surface area contributed by atoms with E-state index in [0.717, 1.165) is 16.6 Å². The lowest BCUT2D eigenvalue weighted by atomic mass is 10.2. The minimum atomic E-state index is 0.383. The van der Waals surface area contributed by atoms with Gasteiger partial charge < -0.3 is 29.0 Å². The van der Waals surface area contributed by atoms with Gasteiger partial charge in [0.2, 0.25) is 0 Å². The van der Waals surface area contributed by atoms with Gasteiger partial charge in [-0.25, -0.2) is 9.97 Å². The monoisotopic (exact) mass is 495 g/mol. The highest BCUT2D eigenvalue weighted by molar-refractivity contribution is 6.30. The Morgan fingerprint density at radius 2 is 1.34 bits per heavy atom. The molecule has 9 heteroatoms. The van der Waals surface area contributed by atoms with Crippen LogP contribution in [0.1, 0.15) is 0 Å². The molecule has 0 aliphatic rings. The molecule has 0 unspecified atom stereocenters. The molecule has 0 saturated heterocycles. The molecule has 4 rings (SSSR count). The highest BCUT2D eigenvalue weighted by atomic mass is 35.5. The third-order valence-electron chi connectivity index (χ3n) is 4.96. The van der Waals surface area contributed by atoms with E-state index in [1.165, 1.54) is 6.33 Å². The summed E-state index contributed by atoms with van der Waals surface area (Å²) < 4.78 is 27.8. The largest absolute Gasteiger partial charge is 0.487 e. The Hall–Kier alpha value is -3.59. The van der Waals surface area contributed by atoms with E-state index < -0.39 is 0 Å². The zero-order chi connectivity index (χ0) is 24.5. The van der Waals surface area contributed by atoms with Gasteiger partial charge >= 0.3 is 0 Å². The first-order chi connectivity index (χ1) is 17.2. The van der Waals surface area contributed by atoms with Crippen LogP contribution < -0.4 is 19.5 Å². The maximum atomic E-state index is 5.93. The SMILES string of the molecule is COCCOc1cc2ncnc(Nc3ccc(Oc4ccc(Cl)cc4)cc3)c2cc1OCCOC. The van der Waals surface area contributed by atoms with Crippen LogP contribution in [-0.2, 0) is 9.47 Å². The fraction of sp³-hybridized carbons (Fsp3) is 0.231. The van der Waals surface area contributed by atoms with Crippen LogP contribution >= 0.6 is 11.6 Å². The number of methoxy groups -OCH3 is 2. The number of nitrogens with one attached hydrogen (secondary N) is 1. The lowest BCUT2D eigenvalue weighted by Gasteiger charge is -2.15. The molecule has 1 aromatic heterocycles. The predicted octanol–water partition coefficient (Wildman–Crippen LogP) is 5.87. The topological polar surface area (TPSA) is 84.0 Å². The van der Waals surface area contributed by atoms with Gasteiger partial charge in [-0.15, -0.1) is 0 Å². The van der Waals surface area contributed by atoms with Gasteiger partial charge in [0.15, 0.2) is 11.5 Å². The van der Waals surface area contributed by atoms with Crippen LogP contribution in [0.25, 0.3) is 10.9 Å². The molecule has 0 fully saturated rings. The minimum absolute atomic E-state index is 0.383. The Labute approximate surface area is 208 Å². The maximum Gasteiger partial charge on any atom is 0.163 e. The van der Waals surface area contributed by atoms with E-state index in [4.69, 9.17) is 35.3 Å². The van der Waals surface area contributed by atoms with Crippen LogP contribution in [0.4, 0.5) is 11.5 Å². The van der Waals surface area contributed by atoms with Crippen LogP contribution in [0, 0.1) is 0 Å². The summed E-state index contributed by atoms with van der Waals surface area (Å²) in [4.78, 5) is 8.84. The number of hydrogen-bond donors (Lipinski definition) is 1. The van der Waals surface area contributed by atoms with Crippen LogP contribution in [0.2, 0.25) is 5.02 Å². The predicted molar refractivity (Wildman–Crippen MR) is 136 cm³/mol. The van der Waals surface area contributed by atoms with E-state index in [9.17, 15) is 0 Å². The number of nitrogens with zero attached hydrogens (tertiary/aromatic N) is 2. The molecule has 0 spiro atoms. The lowest BCUT2D eigenvalue weighted by Crippen LogP contribution is -2.09. The number of halogens is 1. The quantitative estimate of drug-likeness (QED) is 0.244. The van der Waals surface area contributed by atoms with Crippen molar-refractivity contribution < 1.29 is 23.7 Å². The first-order valence-electron chi connectivity index (χ1n) is 11.0. The van der Waals surface area contributed by atoms with Crippen molar-refractivity contribution >= 4 is 34.0 Å². The second-order valence-corrected chi connectivity index (χ2v) is 7.86. The number of anilines is 2. The van der Waals surface area contributed by atoms with Gasteiger partial charge in [0.05, 0.1) is 18.7 Å². The first kappa shape index (κ1) is 24.5. The molecular formula is C26H26ClN3O5. The average molecular weight is 496 g/mol. The lowest BCUT2D eigenvalue weighted by molar-refractivity contribution is 0.132. The van der Waals surface area contributed by atoms with Gasteiger partial charge in [-0.05, 0) is 54.6 Å². The summed E-state index contributed by atoms with van der Waals surface area (Å²) in [6.45, 7) is 1.69. The van der Waals surface area contributed by atoms with E-state index in [-0.39, 0.29) is 0 Å². The zero-order valence-electron chi connectivity index (χ0n) is 19.5. The third-order valence-corrected chi connectivity index (χ3v) is 5.21. The summed E-state index contributed by atoms with van der Waals surface area (Å²) in [5.74, 6) is 3.22. The van der Waals surface area contributed by atoms with Gasteiger partial charge in [0.1, 0.15) is 36.9 Å². The summed E-state index contributed by atoms with van der Waals surface area (Å²) >= 11 is 5.93. The third kappa shape index (κ3) is 6.73. The van der Waals surface area contributed by atoms with Crippen molar-refractivity contribution in [3.05, 3.63) is 72.0 Å². The molecule has 0 aliphatic heterocycles. The number of hydrogen-bond acceptors (Lipinski definition) is 8. The van der Waals surface area contributed by atoms with Gasteiger partial charge in [0.25, 0.3) is 0 Å².